The van der Waals surface area contributed by atoms with E-state index in [2.05, 4.69) is 5.32 Å². The first-order valence-electron chi connectivity index (χ1n) is 7.24. The van der Waals surface area contributed by atoms with Gasteiger partial charge in [0.1, 0.15) is 0 Å². The van der Waals surface area contributed by atoms with E-state index in [4.69, 9.17) is 0 Å². The summed E-state index contributed by atoms with van der Waals surface area (Å²) in [5.41, 5.74) is 2.12. The van der Waals surface area contributed by atoms with Crippen molar-refractivity contribution in [2.24, 2.45) is 0 Å². The van der Waals surface area contributed by atoms with Crippen molar-refractivity contribution >= 4 is 23.2 Å². The van der Waals surface area contributed by atoms with Crippen LogP contribution >= 0.6 is 0 Å². The summed E-state index contributed by atoms with van der Waals surface area (Å²) in [4.78, 5) is 36.7. The van der Waals surface area contributed by atoms with E-state index in [9.17, 15) is 14.4 Å². The molecule has 0 aromatic heterocycles. The number of carbonyl (C=O) groups is 3. The summed E-state index contributed by atoms with van der Waals surface area (Å²) in [5.74, 6) is -0.439. The third-order valence-electron chi connectivity index (χ3n) is 3.69. The number of hydrogen-bond acceptors (Lipinski definition) is 3. The zero-order valence-corrected chi connectivity index (χ0v) is 12.2. The highest BCUT2D eigenvalue weighted by Gasteiger charge is 2.29. The van der Waals surface area contributed by atoms with Gasteiger partial charge in [0.25, 0.3) is 0 Å². The molecule has 0 saturated heterocycles. The number of anilines is 1. The number of ketones is 2. The summed E-state index contributed by atoms with van der Waals surface area (Å²) in [6.07, 6.45) is 1.17. The molecule has 0 bridgehead atoms. The van der Waals surface area contributed by atoms with Gasteiger partial charge >= 0.3 is 0 Å². The Morgan fingerprint density at radius 3 is 2.14 bits per heavy atom. The van der Waals surface area contributed by atoms with E-state index in [0.717, 1.165) is 6.42 Å². The molecule has 2 aromatic carbocycles. The second-order valence-electron chi connectivity index (χ2n) is 5.26. The molecule has 1 aliphatic carbocycles. The summed E-state index contributed by atoms with van der Waals surface area (Å²) >= 11 is 0. The average Bonchev–Trinajstić information content (AvgIpc) is 2.53. The molecule has 0 aliphatic heterocycles. The highest BCUT2D eigenvalue weighted by molar-refractivity contribution is 6.28. The Kier molecular flexibility index (Phi) is 3.59. The molecular formula is C18H15NO3. The number of fused-ring (bicyclic) bond motifs is 2. The summed E-state index contributed by atoms with van der Waals surface area (Å²) in [7, 11) is 0. The van der Waals surface area contributed by atoms with E-state index >= 15 is 0 Å². The molecule has 0 spiro atoms. The van der Waals surface area contributed by atoms with E-state index in [1.54, 1.807) is 42.5 Å². The number of amides is 1. The second-order valence-corrected chi connectivity index (χ2v) is 5.26. The number of benzene rings is 2. The third kappa shape index (κ3) is 2.33. The maximum Gasteiger partial charge on any atom is 0.224 e. The molecule has 2 aromatic rings. The van der Waals surface area contributed by atoms with E-state index in [0.29, 0.717) is 34.4 Å². The molecule has 4 heteroatoms. The average molecular weight is 293 g/mol. The fourth-order valence-electron chi connectivity index (χ4n) is 2.63. The standard InChI is InChI=1S/C18H15NO3/c1-2-5-16(20)19-11-8-9-14-15(10-11)18(22)13-7-4-3-6-12(13)17(14)21/h3-4,6-10H,2,5H2,1H3,(H,19,20). The first-order chi connectivity index (χ1) is 10.6. The van der Waals surface area contributed by atoms with Crippen molar-refractivity contribution in [2.45, 2.75) is 19.8 Å². The molecule has 0 heterocycles. The summed E-state index contributed by atoms with van der Waals surface area (Å²) in [6, 6.07) is 11.6. The molecule has 4 nitrogen and oxygen atoms in total. The monoisotopic (exact) mass is 293 g/mol. The number of nitrogens with one attached hydrogen (secondary N) is 1. The van der Waals surface area contributed by atoms with Gasteiger partial charge in [-0.1, -0.05) is 31.2 Å². The van der Waals surface area contributed by atoms with Gasteiger partial charge in [0, 0.05) is 34.4 Å². The largest absolute Gasteiger partial charge is 0.326 e. The molecule has 1 aliphatic rings. The van der Waals surface area contributed by atoms with Crippen molar-refractivity contribution in [3.8, 4) is 0 Å². The van der Waals surface area contributed by atoms with Crippen LogP contribution < -0.4 is 5.32 Å². The van der Waals surface area contributed by atoms with E-state index < -0.39 is 0 Å². The van der Waals surface area contributed by atoms with Crippen molar-refractivity contribution in [3.05, 3.63) is 64.7 Å². The van der Waals surface area contributed by atoms with Crippen molar-refractivity contribution in [2.75, 3.05) is 5.32 Å². The highest BCUT2D eigenvalue weighted by atomic mass is 16.2. The van der Waals surface area contributed by atoms with Crippen LogP contribution in [0.15, 0.2) is 42.5 Å². The van der Waals surface area contributed by atoms with Gasteiger partial charge in [0.15, 0.2) is 11.6 Å². The van der Waals surface area contributed by atoms with Gasteiger partial charge in [-0.2, -0.15) is 0 Å². The van der Waals surface area contributed by atoms with E-state index in [1.165, 1.54) is 0 Å². The molecule has 0 unspecified atom stereocenters. The van der Waals surface area contributed by atoms with Crippen LogP contribution in [0.2, 0.25) is 0 Å². The SMILES string of the molecule is CCCC(=O)Nc1ccc2c(c1)C(=O)c1ccccc1C2=O. The molecule has 0 radical (unpaired) electrons. The van der Waals surface area contributed by atoms with Crippen LogP contribution in [0.25, 0.3) is 0 Å². The zero-order valence-electron chi connectivity index (χ0n) is 12.2. The van der Waals surface area contributed by atoms with Crippen LogP contribution in [0, 0.1) is 0 Å². The Hall–Kier alpha value is -2.75. The lowest BCUT2D eigenvalue weighted by Gasteiger charge is -2.18. The Balaban J connectivity index is 2.01. The Labute approximate surface area is 128 Å². The summed E-state index contributed by atoms with van der Waals surface area (Å²) in [6.45, 7) is 1.92. The summed E-state index contributed by atoms with van der Waals surface area (Å²) < 4.78 is 0. The van der Waals surface area contributed by atoms with Crippen LogP contribution in [0.3, 0.4) is 0 Å². The topological polar surface area (TPSA) is 63.2 Å². The molecule has 0 atom stereocenters. The number of carbonyl (C=O) groups excluding carboxylic acids is 3. The van der Waals surface area contributed by atoms with Gasteiger partial charge in [-0.25, -0.2) is 0 Å². The third-order valence-corrected chi connectivity index (χ3v) is 3.69. The van der Waals surface area contributed by atoms with Gasteiger partial charge in [0.2, 0.25) is 5.91 Å². The fourth-order valence-corrected chi connectivity index (χ4v) is 2.63. The van der Waals surface area contributed by atoms with Crippen molar-refractivity contribution < 1.29 is 14.4 Å². The van der Waals surface area contributed by atoms with Crippen molar-refractivity contribution in [1.29, 1.82) is 0 Å². The lowest BCUT2D eigenvalue weighted by molar-refractivity contribution is -0.116. The van der Waals surface area contributed by atoms with E-state index in [-0.39, 0.29) is 17.5 Å². The van der Waals surface area contributed by atoms with Crippen LogP contribution in [0.1, 0.15) is 51.6 Å². The van der Waals surface area contributed by atoms with Crippen LogP contribution in [-0.4, -0.2) is 17.5 Å². The Bertz CT molecular complexity index is 793. The fraction of sp³-hybridized carbons (Fsp3) is 0.167. The molecule has 0 fully saturated rings. The van der Waals surface area contributed by atoms with Gasteiger partial charge in [-0.3, -0.25) is 14.4 Å². The zero-order chi connectivity index (χ0) is 15.7. The Morgan fingerprint density at radius 1 is 0.909 bits per heavy atom. The first-order valence-corrected chi connectivity index (χ1v) is 7.24. The van der Waals surface area contributed by atoms with Crippen molar-refractivity contribution in [1.82, 2.24) is 0 Å². The maximum absolute atomic E-state index is 12.6. The Morgan fingerprint density at radius 2 is 1.50 bits per heavy atom. The quantitative estimate of drug-likeness (QED) is 0.806. The lowest BCUT2D eigenvalue weighted by Crippen LogP contribution is -2.21. The number of hydrogen-bond donors (Lipinski definition) is 1. The molecule has 0 saturated carbocycles. The molecule has 22 heavy (non-hydrogen) atoms. The van der Waals surface area contributed by atoms with Gasteiger partial charge < -0.3 is 5.32 Å². The molecule has 3 rings (SSSR count). The predicted molar refractivity (Wildman–Crippen MR) is 83.3 cm³/mol. The maximum atomic E-state index is 12.6. The minimum Gasteiger partial charge on any atom is -0.326 e. The van der Waals surface area contributed by atoms with Gasteiger partial charge in [0.05, 0.1) is 0 Å². The molecule has 1 N–H and O–H groups in total. The first kappa shape index (κ1) is 14.2. The molecule has 1 amide bonds. The van der Waals surface area contributed by atoms with Gasteiger partial charge in [-0.15, -0.1) is 0 Å². The molecular weight excluding hydrogens is 278 g/mol. The summed E-state index contributed by atoms with van der Waals surface area (Å²) in [5, 5.41) is 2.75. The smallest absolute Gasteiger partial charge is 0.224 e. The van der Waals surface area contributed by atoms with Gasteiger partial charge in [-0.05, 0) is 24.6 Å². The van der Waals surface area contributed by atoms with Crippen LogP contribution in [0.4, 0.5) is 5.69 Å². The predicted octanol–water partition coefficient (Wildman–Crippen LogP) is 3.20. The van der Waals surface area contributed by atoms with Crippen LogP contribution in [0.5, 0.6) is 0 Å². The minimum absolute atomic E-state index is 0.0996. The molecule has 110 valence electrons. The second kappa shape index (κ2) is 5.56. The lowest BCUT2D eigenvalue weighted by atomic mass is 9.84. The van der Waals surface area contributed by atoms with Crippen LogP contribution in [-0.2, 0) is 4.79 Å². The minimum atomic E-state index is -0.184. The number of rotatable bonds is 3. The normalized spacial score (nSPS) is 12.6. The van der Waals surface area contributed by atoms with Crippen molar-refractivity contribution in [3.63, 3.8) is 0 Å². The van der Waals surface area contributed by atoms with E-state index in [1.807, 2.05) is 6.92 Å². The highest BCUT2D eigenvalue weighted by Crippen LogP contribution is 2.29.